The van der Waals surface area contributed by atoms with E-state index in [2.05, 4.69) is 193 Å². The molecule has 0 aliphatic carbocycles. The third-order valence-electron chi connectivity index (χ3n) is 11.6. The lowest BCUT2D eigenvalue weighted by molar-refractivity contribution is 0.427. The van der Waals surface area contributed by atoms with Gasteiger partial charge in [0.25, 0.3) is 0 Å². The summed E-state index contributed by atoms with van der Waals surface area (Å²) in [6.07, 6.45) is 15.4. The molecule has 0 aromatic heterocycles. The second kappa shape index (κ2) is 17.9. The van der Waals surface area contributed by atoms with Crippen LogP contribution in [-0.4, -0.2) is 12.6 Å². The smallest absolute Gasteiger partial charge is 0.0770 e. The fourth-order valence-corrected chi connectivity index (χ4v) is 9.19. The summed E-state index contributed by atoms with van der Waals surface area (Å²) in [4.78, 5) is 5.23. The maximum Gasteiger partial charge on any atom is 0.0770 e. The molecule has 2 nitrogen and oxygen atoms in total. The molecule has 0 saturated carbocycles. The van der Waals surface area contributed by atoms with E-state index in [4.69, 9.17) is 23.2 Å². The second-order valence-corrected chi connectivity index (χ2v) is 16.5. The van der Waals surface area contributed by atoms with Gasteiger partial charge in [-0.15, -0.1) is 0 Å². The minimum atomic E-state index is 0.230. The van der Waals surface area contributed by atoms with Crippen molar-refractivity contribution >= 4 is 63.6 Å². The van der Waals surface area contributed by atoms with Gasteiger partial charge in [0.05, 0.1) is 12.1 Å². The lowest BCUT2D eigenvalue weighted by Gasteiger charge is -2.42. The third-order valence-corrected chi connectivity index (χ3v) is 12.1. The van der Waals surface area contributed by atoms with E-state index >= 15 is 0 Å². The number of hydrogen-bond acceptors (Lipinski definition) is 2. The molecule has 1 fully saturated rings. The van der Waals surface area contributed by atoms with Gasteiger partial charge in [-0.2, -0.15) is 0 Å². The van der Waals surface area contributed by atoms with Gasteiger partial charge >= 0.3 is 0 Å². The Bertz CT molecular complexity index is 2660. The number of halogens is 2. The van der Waals surface area contributed by atoms with Crippen molar-refractivity contribution < 1.29 is 0 Å². The standard InChI is InChI=1S/C56H46Cl2N2/c1-40-26-31-44(32-27-40)51(43-15-4-2-5-16-43)23-9-14-42-30-35-54-53(37-42)56-55(25-12-36-59(56)49-21-6-3-7-22-49)60(54)50-33-28-41(29-34-50)13-8-24-52(45-17-10-19-47(57)38-45)46-18-11-20-48(58)39-46/h2-11,13-24,26-35,37-39,55-56H,12,25,36H2,1H3. The topological polar surface area (TPSA) is 6.48 Å². The molecule has 2 aliphatic heterocycles. The van der Waals surface area contributed by atoms with E-state index in [-0.39, 0.29) is 6.04 Å². The van der Waals surface area contributed by atoms with Gasteiger partial charge in [0.2, 0.25) is 0 Å². The molecule has 0 spiro atoms. The third kappa shape index (κ3) is 8.54. The summed E-state index contributed by atoms with van der Waals surface area (Å²) in [7, 11) is 0. The van der Waals surface area contributed by atoms with Crippen molar-refractivity contribution in [2.45, 2.75) is 31.8 Å². The molecule has 0 radical (unpaired) electrons. The molecule has 2 heterocycles. The first kappa shape index (κ1) is 39.2. The lowest BCUT2D eigenvalue weighted by atomic mass is 9.92. The van der Waals surface area contributed by atoms with Crippen LogP contribution in [0.2, 0.25) is 10.0 Å². The summed E-state index contributed by atoms with van der Waals surface area (Å²) in [5.41, 5.74) is 15.5. The molecule has 0 N–H and O–H groups in total. The molecule has 7 aromatic rings. The van der Waals surface area contributed by atoms with Crippen LogP contribution in [0, 0.1) is 6.92 Å². The average molecular weight is 818 g/mol. The summed E-state index contributed by atoms with van der Waals surface area (Å²) in [5, 5.41) is 1.40. The van der Waals surface area contributed by atoms with E-state index in [0.717, 1.165) is 41.6 Å². The first-order valence-electron chi connectivity index (χ1n) is 20.7. The van der Waals surface area contributed by atoms with Crippen molar-refractivity contribution in [1.82, 2.24) is 0 Å². The quantitative estimate of drug-likeness (QED) is 0.127. The van der Waals surface area contributed by atoms with Crippen LogP contribution in [0.4, 0.5) is 17.1 Å². The minimum Gasteiger partial charge on any atom is -0.362 e. The molecule has 2 atom stereocenters. The fourth-order valence-electron chi connectivity index (χ4n) is 8.81. The Morgan fingerprint density at radius 2 is 1.10 bits per heavy atom. The van der Waals surface area contributed by atoms with Crippen LogP contribution in [0.15, 0.2) is 200 Å². The summed E-state index contributed by atoms with van der Waals surface area (Å²) >= 11 is 12.8. The maximum absolute atomic E-state index is 6.42. The fraction of sp³-hybridized carbons (Fsp3) is 0.107. The summed E-state index contributed by atoms with van der Waals surface area (Å²) < 4.78 is 0. The molecule has 4 heteroatoms. The predicted octanol–water partition coefficient (Wildman–Crippen LogP) is 15.5. The molecule has 2 aliphatic rings. The van der Waals surface area contributed by atoms with E-state index in [1.165, 1.54) is 50.5 Å². The number of allylic oxidation sites excluding steroid dienone is 4. The molecule has 9 rings (SSSR count). The normalized spacial score (nSPS) is 16.3. The number of benzene rings is 7. The highest BCUT2D eigenvalue weighted by Crippen LogP contribution is 2.51. The molecule has 294 valence electrons. The van der Waals surface area contributed by atoms with Crippen molar-refractivity contribution in [3.63, 3.8) is 0 Å². The minimum absolute atomic E-state index is 0.230. The highest BCUT2D eigenvalue weighted by molar-refractivity contribution is 6.31. The highest BCUT2D eigenvalue weighted by Gasteiger charge is 2.44. The SMILES string of the molecule is Cc1ccc(C(=CC=Cc2ccc3c(c2)C2C(CCCN2c2ccccc2)N3c2ccc(C=CC=C(c3cccc(Cl)c3)c3cccc(Cl)c3)cc2)c2ccccc2)cc1. The Balaban J connectivity index is 1.04. The lowest BCUT2D eigenvalue weighted by Crippen LogP contribution is -2.44. The molecule has 2 unspecified atom stereocenters. The first-order chi connectivity index (χ1) is 29.5. The second-order valence-electron chi connectivity index (χ2n) is 15.6. The van der Waals surface area contributed by atoms with Gasteiger partial charge in [-0.1, -0.05) is 180 Å². The van der Waals surface area contributed by atoms with Crippen LogP contribution in [0.25, 0.3) is 23.3 Å². The monoisotopic (exact) mass is 816 g/mol. The van der Waals surface area contributed by atoms with Crippen LogP contribution < -0.4 is 9.80 Å². The zero-order chi connectivity index (χ0) is 40.8. The van der Waals surface area contributed by atoms with Gasteiger partial charge in [-0.3, -0.25) is 0 Å². The molecule has 0 bridgehead atoms. The molecule has 7 aromatic carbocycles. The molecular weight excluding hydrogens is 772 g/mol. The van der Waals surface area contributed by atoms with Gasteiger partial charge in [-0.05, 0) is 125 Å². The number of nitrogens with zero attached hydrogens (tertiary/aromatic N) is 2. The van der Waals surface area contributed by atoms with E-state index in [1.54, 1.807) is 0 Å². The Kier molecular flexibility index (Phi) is 11.7. The van der Waals surface area contributed by atoms with E-state index in [0.29, 0.717) is 16.1 Å². The Labute approximate surface area is 364 Å². The molecule has 0 amide bonds. The average Bonchev–Trinajstić information content (AvgIpc) is 3.62. The van der Waals surface area contributed by atoms with Gasteiger partial charge in [0.1, 0.15) is 0 Å². The number of fused-ring (bicyclic) bond motifs is 3. The predicted molar refractivity (Wildman–Crippen MR) is 257 cm³/mol. The number of piperidine rings is 1. The Morgan fingerprint density at radius 1 is 0.533 bits per heavy atom. The van der Waals surface area contributed by atoms with Gasteiger partial charge in [0.15, 0.2) is 0 Å². The number of hydrogen-bond donors (Lipinski definition) is 0. The molecule has 60 heavy (non-hydrogen) atoms. The Hall–Kier alpha value is -6.32. The van der Waals surface area contributed by atoms with Crippen molar-refractivity contribution in [1.29, 1.82) is 0 Å². The van der Waals surface area contributed by atoms with Crippen LogP contribution in [0.3, 0.4) is 0 Å². The zero-order valence-corrected chi connectivity index (χ0v) is 35.1. The van der Waals surface area contributed by atoms with Crippen molar-refractivity contribution in [2.24, 2.45) is 0 Å². The number of aryl methyl sites for hydroxylation is 1. The first-order valence-corrected chi connectivity index (χ1v) is 21.5. The number of anilines is 3. The van der Waals surface area contributed by atoms with E-state index in [1.807, 2.05) is 36.4 Å². The zero-order valence-electron chi connectivity index (χ0n) is 33.6. The summed E-state index contributed by atoms with van der Waals surface area (Å²) in [5.74, 6) is 0. The van der Waals surface area contributed by atoms with Crippen LogP contribution >= 0.6 is 23.2 Å². The van der Waals surface area contributed by atoms with Crippen molar-refractivity contribution in [2.75, 3.05) is 16.3 Å². The molecular formula is C56H46Cl2N2. The van der Waals surface area contributed by atoms with Crippen molar-refractivity contribution in [3.8, 4) is 0 Å². The van der Waals surface area contributed by atoms with E-state index < -0.39 is 0 Å². The van der Waals surface area contributed by atoms with Crippen molar-refractivity contribution in [3.05, 3.63) is 255 Å². The number of para-hydroxylation sites is 1. The van der Waals surface area contributed by atoms with Crippen LogP contribution in [0.5, 0.6) is 0 Å². The van der Waals surface area contributed by atoms with Crippen LogP contribution in [-0.2, 0) is 0 Å². The van der Waals surface area contributed by atoms with Crippen LogP contribution in [0.1, 0.15) is 63.4 Å². The summed E-state index contributed by atoms with van der Waals surface area (Å²) in [6.45, 7) is 3.16. The van der Waals surface area contributed by atoms with Gasteiger partial charge in [-0.25, -0.2) is 0 Å². The highest BCUT2D eigenvalue weighted by atomic mass is 35.5. The van der Waals surface area contributed by atoms with E-state index in [9.17, 15) is 0 Å². The molecule has 1 saturated heterocycles. The summed E-state index contributed by atoms with van der Waals surface area (Å²) in [6, 6.07) is 62.9. The number of rotatable bonds is 10. The Morgan fingerprint density at radius 3 is 1.75 bits per heavy atom. The maximum atomic E-state index is 6.42. The largest absolute Gasteiger partial charge is 0.362 e. The van der Waals surface area contributed by atoms with Gasteiger partial charge in [0, 0.05) is 39.2 Å². The van der Waals surface area contributed by atoms with Gasteiger partial charge < -0.3 is 9.80 Å².